The van der Waals surface area contributed by atoms with Gasteiger partial charge in [-0.25, -0.2) is 0 Å². The third kappa shape index (κ3) is 2.46. The maximum Gasteiger partial charge on any atom is 0.307 e. The number of hydrogen-bond acceptors (Lipinski definition) is 2. The smallest absolute Gasteiger partial charge is 0.307 e. The van der Waals surface area contributed by atoms with Crippen molar-refractivity contribution >= 4 is 17.6 Å². The number of aliphatic carboxylic acids is 1. The first-order chi connectivity index (χ1) is 6.13. The molecule has 66 valence electrons. The molecule has 0 bridgehead atoms. The number of nitriles is 1. The van der Waals surface area contributed by atoms with Gasteiger partial charge in [-0.1, -0.05) is 17.7 Å². The fraction of sp³-hybridized carbons (Fsp3) is 0.111. The molecular formula is C9H6ClNO2. The maximum atomic E-state index is 10.3. The second kappa shape index (κ2) is 3.92. The number of carboxylic acids is 1. The molecule has 0 radical (unpaired) electrons. The molecule has 1 aromatic rings. The zero-order valence-electron chi connectivity index (χ0n) is 6.62. The number of carbonyl (C=O) groups is 1. The first-order valence-corrected chi connectivity index (χ1v) is 3.91. The van der Waals surface area contributed by atoms with E-state index in [0.717, 1.165) is 0 Å². The van der Waals surface area contributed by atoms with Crippen molar-refractivity contribution in [3.63, 3.8) is 0 Å². The zero-order valence-corrected chi connectivity index (χ0v) is 7.38. The van der Waals surface area contributed by atoms with Crippen LogP contribution in [0.15, 0.2) is 18.2 Å². The van der Waals surface area contributed by atoms with Gasteiger partial charge in [-0.2, -0.15) is 5.26 Å². The Kier molecular flexibility index (Phi) is 2.88. The van der Waals surface area contributed by atoms with Crippen LogP contribution in [0.5, 0.6) is 0 Å². The molecule has 0 aliphatic carbocycles. The molecule has 0 spiro atoms. The van der Waals surface area contributed by atoms with E-state index in [9.17, 15) is 4.79 Å². The fourth-order valence-corrected chi connectivity index (χ4v) is 1.18. The Balaban J connectivity index is 2.97. The van der Waals surface area contributed by atoms with Crippen LogP contribution in [0.2, 0.25) is 5.02 Å². The van der Waals surface area contributed by atoms with Gasteiger partial charge < -0.3 is 5.11 Å². The number of carboxylic acid groups (broad SMARTS) is 1. The first-order valence-electron chi connectivity index (χ1n) is 3.54. The van der Waals surface area contributed by atoms with Crippen molar-refractivity contribution in [2.75, 3.05) is 0 Å². The summed E-state index contributed by atoms with van der Waals surface area (Å²) in [5.74, 6) is -0.916. The largest absolute Gasteiger partial charge is 0.481 e. The Labute approximate surface area is 80.2 Å². The van der Waals surface area contributed by atoms with Crippen LogP contribution in [-0.4, -0.2) is 11.1 Å². The van der Waals surface area contributed by atoms with Gasteiger partial charge in [-0.15, -0.1) is 0 Å². The lowest BCUT2D eigenvalue weighted by Gasteiger charge is -1.98. The van der Waals surface area contributed by atoms with Crippen LogP contribution in [0.4, 0.5) is 0 Å². The summed E-state index contributed by atoms with van der Waals surface area (Å²) in [5.41, 5.74) is 0.951. The van der Waals surface area contributed by atoms with Crippen molar-refractivity contribution in [2.45, 2.75) is 6.42 Å². The standard InChI is InChI=1S/C9H6ClNO2/c10-8-3-6(4-9(12)13)1-2-7(8)5-11/h1-3H,4H2,(H,12,13). The minimum atomic E-state index is -0.916. The molecule has 0 saturated carbocycles. The summed E-state index contributed by atoms with van der Waals surface area (Å²) in [6.45, 7) is 0. The highest BCUT2D eigenvalue weighted by molar-refractivity contribution is 6.31. The van der Waals surface area contributed by atoms with Crippen LogP contribution in [0, 0.1) is 11.3 Å². The van der Waals surface area contributed by atoms with E-state index in [0.29, 0.717) is 16.1 Å². The first kappa shape index (κ1) is 9.56. The second-order valence-corrected chi connectivity index (χ2v) is 2.90. The summed E-state index contributed by atoms with van der Waals surface area (Å²) < 4.78 is 0. The quantitative estimate of drug-likeness (QED) is 0.783. The molecule has 0 amide bonds. The van der Waals surface area contributed by atoms with Gasteiger partial charge in [0.15, 0.2) is 0 Å². The van der Waals surface area contributed by atoms with E-state index in [1.54, 1.807) is 6.07 Å². The van der Waals surface area contributed by atoms with E-state index >= 15 is 0 Å². The molecule has 0 aromatic heterocycles. The van der Waals surface area contributed by atoms with E-state index in [-0.39, 0.29) is 6.42 Å². The highest BCUT2D eigenvalue weighted by Gasteiger charge is 2.03. The van der Waals surface area contributed by atoms with Gasteiger partial charge in [0.25, 0.3) is 0 Å². The number of rotatable bonds is 2. The molecule has 0 aliphatic rings. The summed E-state index contributed by atoms with van der Waals surface area (Å²) in [4.78, 5) is 10.3. The molecular weight excluding hydrogens is 190 g/mol. The lowest BCUT2D eigenvalue weighted by atomic mass is 10.1. The van der Waals surface area contributed by atoms with Crippen molar-refractivity contribution in [1.82, 2.24) is 0 Å². The van der Waals surface area contributed by atoms with Gasteiger partial charge >= 0.3 is 5.97 Å². The van der Waals surface area contributed by atoms with Gasteiger partial charge in [-0.3, -0.25) is 4.79 Å². The summed E-state index contributed by atoms with van der Waals surface area (Å²) >= 11 is 5.70. The number of nitrogens with zero attached hydrogens (tertiary/aromatic N) is 1. The van der Waals surface area contributed by atoms with Crippen LogP contribution >= 0.6 is 11.6 Å². The summed E-state index contributed by atoms with van der Waals surface area (Å²) in [6, 6.07) is 6.49. The van der Waals surface area contributed by atoms with Crippen molar-refractivity contribution in [1.29, 1.82) is 5.26 Å². The van der Waals surface area contributed by atoms with Crippen molar-refractivity contribution in [2.24, 2.45) is 0 Å². The maximum absolute atomic E-state index is 10.3. The van der Waals surface area contributed by atoms with E-state index in [2.05, 4.69) is 0 Å². The van der Waals surface area contributed by atoms with Gasteiger partial charge in [0.05, 0.1) is 17.0 Å². The lowest BCUT2D eigenvalue weighted by Crippen LogP contribution is -1.99. The molecule has 1 N–H and O–H groups in total. The topological polar surface area (TPSA) is 61.1 Å². The number of hydrogen-bond donors (Lipinski definition) is 1. The molecule has 1 rings (SSSR count). The van der Waals surface area contributed by atoms with E-state index in [1.807, 2.05) is 6.07 Å². The molecule has 0 aliphatic heterocycles. The van der Waals surface area contributed by atoms with E-state index in [1.165, 1.54) is 12.1 Å². The van der Waals surface area contributed by atoms with Gasteiger partial charge in [-0.05, 0) is 17.7 Å². The number of benzene rings is 1. The summed E-state index contributed by atoms with van der Waals surface area (Å²) in [5, 5.41) is 17.3. The Bertz CT molecular complexity index is 382. The minimum absolute atomic E-state index is 0.0779. The van der Waals surface area contributed by atoms with E-state index < -0.39 is 5.97 Å². The van der Waals surface area contributed by atoms with Gasteiger partial charge in [0.2, 0.25) is 0 Å². The van der Waals surface area contributed by atoms with E-state index in [4.69, 9.17) is 22.0 Å². The predicted octanol–water partition coefficient (Wildman–Crippen LogP) is 1.84. The Hall–Kier alpha value is -1.53. The fourth-order valence-electron chi connectivity index (χ4n) is 0.934. The average Bonchev–Trinajstić information content (AvgIpc) is 2.03. The minimum Gasteiger partial charge on any atom is -0.481 e. The normalized spacial score (nSPS) is 9.23. The monoisotopic (exact) mass is 195 g/mol. The van der Waals surface area contributed by atoms with Gasteiger partial charge in [0, 0.05) is 0 Å². The molecule has 0 fully saturated rings. The Morgan fingerprint density at radius 2 is 2.31 bits per heavy atom. The van der Waals surface area contributed by atoms with Crippen molar-refractivity contribution < 1.29 is 9.90 Å². The highest BCUT2D eigenvalue weighted by Crippen LogP contribution is 2.17. The van der Waals surface area contributed by atoms with Gasteiger partial charge in [0.1, 0.15) is 6.07 Å². The van der Waals surface area contributed by atoms with Crippen molar-refractivity contribution in [3.05, 3.63) is 34.3 Å². The molecule has 0 unspecified atom stereocenters. The van der Waals surface area contributed by atoms with Crippen LogP contribution < -0.4 is 0 Å². The third-order valence-electron chi connectivity index (χ3n) is 1.51. The molecule has 13 heavy (non-hydrogen) atoms. The lowest BCUT2D eigenvalue weighted by molar-refractivity contribution is -0.136. The predicted molar refractivity (Wildman–Crippen MR) is 47.5 cm³/mol. The summed E-state index contributed by atoms with van der Waals surface area (Å²) in [6.07, 6.45) is -0.0779. The van der Waals surface area contributed by atoms with Crippen molar-refractivity contribution in [3.8, 4) is 6.07 Å². The van der Waals surface area contributed by atoms with Crippen LogP contribution in [0.1, 0.15) is 11.1 Å². The molecule has 1 aromatic carbocycles. The molecule has 0 heterocycles. The second-order valence-electron chi connectivity index (χ2n) is 2.50. The molecule has 0 atom stereocenters. The Morgan fingerprint density at radius 3 is 2.77 bits per heavy atom. The zero-order chi connectivity index (χ0) is 9.84. The number of halogens is 1. The Morgan fingerprint density at radius 1 is 1.62 bits per heavy atom. The molecule has 4 heteroatoms. The van der Waals surface area contributed by atoms with Crippen LogP contribution in [0.3, 0.4) is 0 Å². The van der Waals surface area contributed by atoms with Crippen LogP contribution in [0.25, 0.3) is 0 Å². The third-order valence-corrected chi connectivity index (χ3v) is 1.82. The molecule has 0 saturated heterocycles. The highest BCUT2D eigenvalue weighted by atomic mass is 35.5. The van der Waals surface area contributed by atoms with Crippen LogP contribution in [-0.2, 0) is 11.2 Å². The molecule has 3 nitrogen and oxygen atoms in total. The average molecular weight is 196 g/mol. The SMILES string of the molecule is N#Cc1ccc(CC(=O)O)cc1Cl. The summed E-state index contributed by atoms with van der Waals surface area (Å²) in [7, 11) is 0.